The Morgan fingerprint density at radius 2 is 1.88 bits per heavy atom. The van der Waals surface area contributed by atoms with Crippen LogP contribution < -0.4 is 9.47 Å². The third-order valence-corrected chi connectivity index (χ3v) is 7.95. The Balaban J connectivity index is 1.54. The molecule has 2 aromatic carbocycles. The molecule has 0 atom stereocenters. The lowest BCUT2D eigenvalue weighted by molar-refractivity contribution is 0.171. The lowest BCUT2D eigenvalue weighted by Crippen LogP contribution is -2.23. The van der Waals surface area contributed by atoms with E-state index in [0.717, 1.165) is 36.0 Å². The minimum absolute atomic E-state index is 0.138. The Morgan fingerprint density at radius 1 is 1.03 bits per heavy atom. The maximum absolute atomic E-state index is 13.9. The van der Waals surface area contributed by atoms with Crippen LogP contribution in [-0.4, -0.2) is 55.6 Å². The van der Waals surface area contributed by atoms with Gasteiger partial charge in [-0.05, 0) is 43.3 Å². The van der Waals surface area contributed by atoms with Crippen molar-refractivity contribution in [3.8, 4) is 23.0 Å². The minimum Gasteiger partial charge on any atom is -0.486 e. The fraction of sp³-hybridized carbons (Fsp3) is 0.240. The predicted octanol–water partition coefficient (Wildman–Crippen LogP) is 4.02. The molecule has 4 heterocycles. The first-order valence-corrected chi connectivity index (χ1v) is 12.5. The van der Waals surface area contributed by atoms with Gasteiger partial charge in [-0.3, -0.25) is 0 Å². The number of likely N-dealkylation sites (N-methyl/N-ethyl adjacent to an activating group) is 1. The second-order valence-corrected chi connectivity index (χ2v) is 10.3. The fourth-order valence-corrected chi connectivity index (χ4v) is 5.84. The first-order valence-electron chi connectivity index (χ1n) is 11.1. The molecular weight excluding hydrogens is 454 g/mol. The minimum atomic E-state index is -3.92. The highest BCUT2D eigenvalue weighted by Gasteiger charge is 2.26. The number of rotatable bonds is 4. The van der Waals surface area contributed by atoms with Crippen LogP contribution in [0.2, 0.25) is 0 Å². The summed E-state index contributed by atoms with van der Waals surface area (Å²) >= 11 is 0. The van der Waals surface area contributed by atoms with Crippen LogP contribution in [0.3, 0.4) is 0 Å². The van der Waals surface area contributed by atoms with E-state index in [1.807, 2.05) is 18.2 Å². The summed E-state index contributed by atoms with van der Waals surface area (Å²) in [6.07, 6.45) is 7.81. The van der Waals surface area contributed by atoms with Gasteiger partial charge in [0.05, 0.1) is 16.6 Å². The lowest BCUT2D eigenvalue weighted by atomic mass is 9.98. The maximum Gasteiger partial charge on any atom is 0.268 e. The predicted molar refractivity (Wildman–Crippen MR) is 128 cm³/mol. The number of aromatic nitrogens is 2. The van der Waals surface area contributed by atoms with Crippen molar-refractivity contribution in [3.63, 3.8) is 0 Å². The molecule has 174 valence electrons. The van der Waals surface area contributed by atoms with E-state index < -0.39 is 10.0 Å². The maximum atomic E-state index is 13.9. The third-order valence-electron chi connectivity index (χ3n) is 6.28. The molecule has 6 rings (SSSR count). The molecular formula is C25H23N3O5S. The largest absolute Gasteiger partial charge is 0.486 e. The summed E-state index contributed by atoms with van der Waals surface area (Å²) in [6.45, 7) is 2.57. The van der Waals surface area contributed by atoms with Crippen LogP contribution >= 0.6 is 0 Å². The quantitative estimate of drug-likeness (QED) is 0.439. The molecule has 0 spiro atoms. The average molecular weight is 478 g/mol. The molecule has 0 bridgehead atoms. The molecule has 0 N–H and O–H groups in total. The summed E-state index contributed by atoms with van der Waals surface area (Å²) in [4.78, 5) is 6.59. The number of hydrogen-bond donors (Lipinski definition) is 0. The molecule has 0 saturated carbocycles. The van der Waals surface area contributed by atoms with Crippen molar-refractivity contribution in [3.05, 3.63) is 66.7 Å². The van der Waals surface area contributed by atoms with Crippen molar-refractivity contribution >= 4 is 26.5 Å². The molecule has 0 radical (unpaired) electrons. The number of nitrogens with zero attached hydrogens (tertiary/aromatic N) is 3. The van der Waals surface area contributed by atoms with Crippen molar-refractivity contribution < 1.29 is 22.3 Å². The van der Waals surface area contributed by atoms with Gasteiger partial charge >= 0.3 is 0 Å². The zero-order valence-electron chi connectivity index (χ0n) is 18.6. The average Bonchev–Trinajstić information content (AvgIpc) is 3.53. The van der Waals surface area contributed by atoms with E-state index in [2.05, 4.69) is 23.0 Å². The topological polar surface area (TPSA) is 86.8 Å². The lowest BCUT2D eigenvalue weighted by Gasteiger charge is -2.21. The van der Waals surface area contributed by atoms with Gasteiger partial charge in [-0.15, -0.1) is 0 Å². The van der Waals surface area contributed by atoms with Gasteiger partial charge in [-0.2, -0.15) is 0 Å². The van der Waals surface area contributed by atoms with E-state index in [4.69, 9.17) is 13.9 Å². The van der Waals surface area contributed by atoms with Crippen molar-refractivity contribution in [2.24, 2.45) is 0 Å². The smallest absolute Gasteiger partial charge is 0.268 e. The van der Waals surface area contributed by atoms with Crippen molar-refractivity contribution in [1.29, 1.82) is 0 Å². The third kappa shape index (κ3) is 3.48. The number of benzene rings is 2. The Morgan fingerprint density at radius 3 is 2.65 bits per heavy atom. The van der Waals surface area contributed by atoms with Crippen LogP contribution in [0.4, 0.5) is 0 Å². The molecule has 4 aromatic rings. The van der Waals surface area contributed by atoms with Gasteiger partial charge in [-0.1, -0.05) is 12.1 Å². The van der Waals surface area contributed by atoms with Gasteiger partial charge in [0.2, 0.25) is 5.89 Å². The van der Waals surface area contributed by atoms with E-state index in [0.29, 0.717) is 41.7 Å². The summed E-state index contributed by atoms with van der Waals surface area (Å²) in [5.41, 5.74) is 3.34. The van der Waals surface area contributed by atoms with E-state index in [1.54, 1.807) is 24.5 Å². The van der Waals surface area contributed by atoms with Crippen molar-refractivity contribution in [2.75, 3.05) is 33.4 Å². The summed E-state index contributed by atoms with van der Waals surface area (Å²) in [6, 6.07) is 10.4. The highest BCUT2D eigenvalue weighted by atomic mass is 32.2. The molecule has 0 unspecified atom stereocenters. The Labute approximate surface area is 197 Å². The Kier molecular flexibility index (Phi) is 4.96. The Bertz CT molecular complexity index is 1520. The summed E-state index contributed by atoms with van der Waals surface area (Å²) in [7, 11) is -1.85. The fourth-order valence-electron chi connectivity index (χ4n) is 4.46. The molecule has 0 saturated heterocycles. The number of ether oxygens (including phenoxy) is 2. The highest BCUT2D eigenvalue weighted by molar-refractivity contribution is 7.90. The zero-order chi connectivity index (χ0) is 23.3. The van der Waals surface area contributed by atoms with Gasteiger partial charge in [-0.25, -0.2) is 17.4 Å². The molecule has 8 nitrogen and oxygen atoms in total. The van der Waals surface area contributed by atoms with Crippen molar-refractivity contribution in [1.82, 2.24) is 13.9 Å². The number of fused-ring (bicyclic) bond motifs is 2. The van der Waals surface area contributed by atoms with E-state index >= 15 is 0 Å². The molecule has 0 amide bonds. The first kappa shape index (κ1) is 21.0. The summed E-state index contributed by atoms with van der Waals surface area (Å²) in [5, 5.41) is 0.868. The van der Waals surface area contributed by atoms with Gasteiger partial charge < -0.3 is 18.8 Å². The standard InChI is InChI=1S/C25H23N3O5S/c1-27-9-6-17(7-10-27)21-16-28(22-14-18(2-4-20(21)22)25-26-8-11-33-25)34(29,30)19-3-5-23-24(15-19)32-13-12-31-23/h2-6,8,11,14-16H,7,9-10,12-13H2,1H3. The van der Waals surface area contributed by atoms with Crippen LogP contribution in [0.15, 0.2) is 70.4 Å². The van der Waals surface area contributed by atoms with Gasteiger partial charge in [0, 0.05) is 41.9 Å². The molecule has 2 aliphatic rings. The molecule has 2 aliphatic heterocycles. The molecule has 2 aromatic heterocycles. The summed E-state index contributed by atoms with van der Waals surface area (Å²) < 4.78 is 45.8. The zero-order valence-corrected chi connectivity index (χ0v) is 19.4. The second-order valence-electron chi connectivity index (χ2n) is 8.46. The monoisotopic (exact) mass is 477 g/mol. The highest BCUT2D eigenvalue weighted by Crippen LogP contribution is 2.37. The normalized spacial score (nSPS) is 16.6. The number of oxazole rings is 1. The first-order chi connectivity index (χ1) is 16.5. The molecule has 34 heavy (non-hydrogen) atoms. The number of hydrogen-bond acceptors (Lipinski definition) is 7. The van der Waals surface area contributed by atoms with Gasteiger partial charge in [0.15, 0.2) is 11.5 Å². The van der Waals surface area contributed by atoms with E-state index in [1.165, 1.54) is 16.3 Å². The van der Waals surface area contributed by atoms with Crippen LogP contribution in [0, 0.1) is 0 Å². The van der Waals surface area contributed by atoms with Gasteiger partial charge in [0.25, 0.3) is 10.0 Å². The van der Waals surface area contributed by atoms with Crippen LogP contribution in [0.25, 0.3) is 27.9 Å². The van der Waals surface area contributed by atoms with Gasteiger partial charge in [0.1, 0.15) is 19.5 Å². The van der Waals surface area contributed by atoms with Crippen LogP contribution in [-0.2, 0) is 10.0 Å². The summed E-state index contributed by atoms with van der Waals surface area (Å²) in [5.74, 6) is 1.42. The SMILES string of the molecule is CN1CC=C(c2cn(S(=O)(=O)c3ccc4c(c3)OCCO4)c3cc(-c4ncco4)ccc23)CC1. The molecule has 0 fully saturated rings. The second kappa shape index (κ2) is 8.03. The molecule has 0 aliphatic carbocycles. The van der Waals surface area contributed by atoms with Crippen LogP contribution in [0.1, 0.15) is 12.0 Å². The molecule has 9 heteroatoms. The van der Waals surface area contributed by atoms with Crippen molar-refractivity contribution in [2.45, 2.75) is 11.3 Å². The van der Waals surface area contributed by atoms with E-state index in [9.17, 15) is 8.42 Å². The van der Waals surface area contributed by atoms with Crippen LogP contribution in [0.5, 0.6) is 11.5 Å². The Hall–Kier alpha value is -3.56. The van der Waals surface area contributed by atoms with E-state index in [-0.39, 0.29) is 4.90 Å².